The number of hydrogen-bond acceptors (Lipinski definition) is 1. The highest BCUT2D eigenvalue weighted by atomic mass is 35.6. The van der Waals surface area contributed by atoms with Crippen LogP contribution >= 0.6 is 34.8 Å². The lowest BCUT2D eigenvalue weighted by atomic mass is 10.8. The van der Waals surface area contributed by atoms with E-state index >= 15 is 0 Å². The number of carbonyl (C=O) groups is 1. The first-order valence-electron chi connectivity index (χ1n) is 1.24. The van der Waals surface area contributed by atoms with Crippen molar-refractivity contribution in [2.75, 3.05) is 0 Å². The van der Waals surface area contributed by atoms with Crippen molar-refractivity contribution in [3.05, 3.63) is 0 Å². The Balaban J connectivity index is -0.000000180. The molecule has 0 unspecified atom stereocenters. The molecule has 7 heteroatoms. The molecule has 0 amide bonds. The maximum Gasteiger partial charge on any atom is 0.356 e. The Hall–Kier alpha value is 0.260. The molecule has 0 radical (unpaired) electrons. The summed E-state index contributed by atoms with van der Waals surface area (Å²) in [6.45, 7) is 0. The molecule has 0 heterocycles. The van der Waals surface area contributed by atoms with Gasteiger partial charge in [-0.2, -0.15) is 0 Å². The van der Waals surface area contributed by atoms with E-state index in [-0.39, 0.29) is 11.0 Å². The molecule has 0 fully saturated rings. The SMILES string of the molecule is O.O.O=C(O)C(Cl)(Cl)Cl. The Kier molecular flexibility index (Phi) is 9.10. The molecule has 58 valence electrons. The van der Waals surface area contributed by atoms with Crippen LogP contribution < -0.4 is 0 Å². The highest BCUT2D eigenvalue weighted by molar-refractivity contribution is 6.75. The van der Waals surface area contributed by atoms with Gasteiger partial charge in [-0.3, -0.25) is 0 Å². The molecule has 0 bridgehead atoms. The summed E-state index contributed by atoms with van der Waals surface area (Å²) in [5, 5.41) is 7.85. The van der Waals surface area contributed by atoms with Gasteiger partial charge in [0.2, 0.25) is 0 Å². The third-order valence-electron chi connectivity index (χ3n) is 0.243. The standard InChI is InChI=1S/C2HCl3O2.2H2O/c3-2(4,5)1(6)7;;/h(H,6,7);2*1H2. The largest absolute Gasteiger partial charge is 0.478 e. The van der Waals surface area contributed by atoms with Crippen molar-refractivity contribution < 1.29 is 20.9 Å². The van der Waals surface area contributed by atoms with Crippen molar-refractivity contribution in [2.24, 2.45) is 0 Å². The summed E-state index contributed by atoms with van der Waals surface area (Å²) < 4.78 is -2.17. The van der Waals surface area contributed by atoms with Gasteiger partial charge in [-0.25, -0.2) is 4.79 Å². The van der Waals surface area contributed by atoms with Crippen LogP contribution in [0.15, 0.2) is 0 Å². The topological polar surface area (TPSA) is 100 Å². The van der Waals surface area contributed by atoms with E-state index in [1.54, 1.807) is 0 Å². The van der Waals surface area contributed by atoms with Crippen LogP contribution in [0.3, 0.4) is 0 Å². The first-order valence-corrected chi connectivity index (χ1v) is 2.38. The first-order chi connectivity index (χ1) is 2.94. The summed E-state index contributed by atoms with van der Waals surface area (Å²) in [5.41, 5.74) is 0. The Labute approximate surface area is 65.9 Å². The van der Waals surface area contributed by atoms with Crippen LogP contribution in [-0.2, 0) is 4.79 Å². The van der Waals surface area contributed by atoms with Crippen LogP contribution in [-0.4, -0.2) is 25.8 Å². The summed E-state index contributed by atoms with van der Waals surface area (Å²) in [7, 11) is 0. The van der Waals surface area contributed by atoms with Gasteiger partial charge < -0.3 is 16.1 Å². The van der Waals surface area contributed by atoms with E-state index in [0.29, 0.717) is 0 Å². The van der Waals surface area contributed by atoms with Crippen LogP contribution in [0.1, 0.15) is 0 Å². The maximum atomic E-state index is 9.62. The van der Waals surface area contributed by atoms with E-state index in [9.17, 15) is 4.79 Å². The summed E-state index contributed by atoms with van der Waals surface area (Å²) in [5.74, 6) is -1.46. The van der Waals surface area contributed by atoms with Gasteiger partial charge in [0.15, 0.2) is 0 Å². The quantitative estimate of drug-likeness (QED) is 0.546. The summed E-state index contributed by atoms with van der Waals surface area (Å²) in [6, 6.07) is 0. The number of hydrogen-bond donors (Lipinski definition) is 1. The molecule has 0 atom stereocenters. The average Bonchev–Trinajstić information content (AvgIpc) is 1.31. The Morgan fingerprint density at radius 1 is 1.22 bits per heavy atom. The lowest BCUT2D eigenvalue weighted by Gasteiger charge is -1.99. The minimum atomic E-state index is -2.17. The second kappa shape index (κ2) is 5.08. The lowest BCUT2D eigenvalue weighted by Crippen LogP contribution is -2.16. The van der Waals surface area contributed by atoms with Gasteiger partial charge in [0.25, 0.3) is 3.79 Å². The van der Waals surface area contributed by atoms with Crippen LogP contribution in [0.5, 0.6) is 0 Å². The fraction of sp³-hybridized carbons (Fsp3) is 0.500. The van der Waals surface area contributed by atoms with Gasteiger partial charge >= 0.3 is 5.97 Å². The van der Waals surface area contributed by atoms with Gasteiger partial charge in [0.1, 0.15) is 0 Å². The third kappa shape index (κ3) is 8.26. The molecule has 0 aliphatic heterocycles. The fourth-order valence-electron chi connectivity index (χ4n) is 0. The number of carboxylic acids is 1. The minimum Gasteiger partial charge on any atom is -0.478 e. The third-order valence-corrected chi connectivity index (χ3v) is 0.728. The summed E-state index contributed by atoms with van der Waals surface area (Å²) >= 11 is 14.4. The van der Waals surface area contributed by atoms with E-state index in [0.717, 1.165) is 0 Å². The number of halogens is 3. The van der Waals surface area contributed by atoms with Gasteiger partial charge in [-0.05, 0) is 0 Å². The highest BCUT2D eigenvalue weighted by Gasteiger charge is 2.29. The van der Waals surface area contributed by atoms with E-state index in [1.807, 2.05) is 0 Å². The maximum absolute atomic E-state index is 9.62. The molecule has 0 aliphatic rings. The van der Waals surface area contributed by atoms with Crippen LogP contribution in [0.4, 0.5) is 0 Å². The van der Waals surface area contributed by atoms with Gasteiger partial charge in [0, 0.05) is 0 Å². The van der Waals surface area contributed by atoms with Crippen molar-refractivity contribution >= 4 is 40.8 Å². The van der Waals surface area contributed by atoms with Crippen LogP contribution in [0, 0.1) is 0 Å². The predicted octanol–water partition coefficient (Wildman–Crippen LogP) is -0.208. The van der Waals surface area contributed by atoms with E-state index < -0.39 is 9.76 Å². The number of aliphatic carboxylic acids is 1. The molecular formula is C2H5Cl3O4. The Morgan fingerprint density at radius 2 is 1.33 bits per heavy atom. The minimum absolute atomic E-state index is 0. The van der Waals surface area contributed by atoms with E-state index in [1.165, 1.54) is 0 Å². The molecular weight excluding hydrogens is 194 g/mol. The van der Waals surface area contributed by atoms with Crippen molar-refractivity contribution in [3.63, 3.8) is 0 Å². The number of rotatable bonds is 0. The van der Waals surface area contributed by atoms with E-state index in [4.69, 9.17) is 39.9 Å². The summed E-state index contributed by atoms with van der Waals surface area (Å²) in [6.07, 6.45) is 0. The van der Waals surface area contributed by atoms with E-state index in [2.05, 4.69) is 0 Å². The molecule has 0 aliphatic carbocycles. The predicted molar refractivity (Wildman–Crippen MR) is 35.2 cm³/mol. The van der Waals surface area contributed by atoms with Crippen LogP contribution in [0.25, 0.3) is 0 Å². The molecule has 0 saturated carbocycles. The smallest absolute Gasteiger partial charge is 0.356 e. The molecule has 0 aromatic heterocycles. The second-order valence-corrected chi connectivity index (χ2v) is 3.08. The zero-order chi connectivity index (χ0) is 6.08. The monoisotopic (exact) mass is 198 g/mol. The molecule has 0 saturated heterocycles. The van der Waals surface area contributed by atoms with Crippen molar-refractivity contribution in [3.8, 4) is 0 Å². The van der Waals surface area contributed by atoms with Gasteiger partial charge in [-0.15, -0.1) is 0 Å². The molecule has 0 rings (SSSR count). The number of carboxylic acid groups (broad SMARTS) is 1. The van der Waals surface area contributed by atoms with Crippen LogP contribution in [0.2, 0.25) is 0 Å². The second-order valence-electron chi connectivity index (χ2n) is 0.803. The lowest BCUT2D eigenvalue weighted by molar-refractivity contribution is -0.135. The molecule has 4 nitrogen and oxygen atoms in total. The van der Waals surface area contributed by atoms with Gasteiger partial charge in [-0.1, -0.05) is 34.8 Å². The molecule has 0 spiro atoms. The van der Waals surface area contributed by atoms with Crippen molar-refractivity contribution in [2.45, 2.75) is 3.79 Å². The summed E-state index contributed by atoms with van der Waals surface area (Å²) in [4.78, 5) is 9.62. The normalized spacial score (nSPS) is 8.78. The fourth-order valence-corrected chi connectivity index (χ4v) is 0. The Bertz CT molecular complexity index is 86.3. The highest BCUT2D eigenvalue weighted by Crippen LogP contribution is 2.25. The molecule has 9 heavy (non-hydrogen) atoms. The van der Waals surface area contributed by atoms with Crippen molar-refractivity contribution in [1.82, 2.24) is 0 Å². The van der Waals surface area contributed by atoms with Gasteiger partial charge in [0.05, 0.1) is 0 Å². The molecule has 0 aromatic carbocycles. The Morgan fingerprint density at radius 3 is 1.33 bits per heavy atom. The zero-order valence-electron chi connectivity index (χ0n) is 3.99. The number of alkyl halides is 3. The average molecular weight is 199 g/mol. The molecule has 0 aromatic rings. The van der Waals surface area contributed by atoms with Crippen molar-refractivity contribution in [1.29, 1.82) is 0 Å². The zero-order valence-corrected chi connectivity index (χ0v) is 6.26. The first kappa shape index (κ1) is 16.1. The molecule has 5 N–H and O–H groups in total.